The first kappa shape index (κ1) is 17.6. The number of hydrogen-bond acceptors (Lipinski definition) is 3. The molecule has 0 aliphatic heterocycles. The van der Waals surface area contributed by atoms with E-state index in [1.54, 1.807) is 16.4 Å². The molecule has 1 amide bonds. The van der Waals surface area contributed by atoms with Crippen LogP contribution in [0, 0.1) is 0 Å². The van der Waals surface area contributed by atoms with Crippen molar-refractivity contribution in [1.82, 2.24) is 9.78 Å². The number of nitrogens with zero attached hydrogens (tertiary/aromatic N) is 2. The average molecular weight is 372 g/mol. The zero-order valence-electron chi connectivity index (χ0n) is 13.8. The van der Waals surface area contributed by atoms with Crippen molar-refractivity contribution >= 4 is 35.1 Å². The molecule has 3 aromatic rings. The van der Waals surface area contributed by atoms with Gasteiger partial charge in [0.2, 0.25) is 5.91 Å². The van der Waals surface area contributed by atoms with Gasteiger partial charge in [-0.25, -0.2) is 0 Å². The van der Waals surface area contributed by atoms with Gasteiger partial charge >= 0.3 is 0 Å². The van der Waals surface area contributed by atoms with E-state index in [4.69, 9.17) is 11.6 Å². The summed E-state index contributed by atoms with van der Waals surface area (Å²) in [5, 5.41) is 8.04. The predicted octanol–water partition coefficient (Wildman–Crippen LogP) is 4.61. The summed E-state index contributed by atoms with van der Waals surface area (Å²) < 4.78 is 1.67. The Kier molecular flexibility index (Phi) is 5.79. The van der Waals surface area contributed by atoms with Crippen molar-refractivity contribution in [2.24, 2.45) is 7.05 Å². The minimum absolute atomic E-state index is 0.0356. The van der Waals surface area contributed by atoms with Gasteiger partial charge in [-0.1, -0.05) is 54.1 Å². The lowest BCUT2D eigenvalue weighted by atomic mass is 10.1. The lowest BCUT2D eigenvalue weighted by Crippen LogP contribution is -2.16. The fourth-order valence-electron chi connectivity index (χ4n) is 2.36. The van der Waals surface area contributed by atoms with Gasteiger partial charge in [-0.15, -0.1) is 11.8 Å². The van der Waals surface area contributed by atoms with E-state index in [9.17, 15) is 4.79 Å². The van der Waals surface area contributed by atoms with Crippen molar-refractivity contribution in [2.45, 2.75) is 5.75 Å². The van der Waals surface area contributed by atoms with E-state index in [1.165, 1.54) is 5.56 Å². The van der Waals surface area contributed by atoms with Crippen LogP contribution in [0.1, 0.15) is 5.56 Å². The summed E-state index contributed by atoms with van der Waals surface area (Å²) in [6, 6.07) is 19.4. The van der Waals surface area contributed by atoms with E-state index >= 15 is 0 Å². The number of aromatic nitrogens is 2. The summed E-state index contributed by atoms with van der Waals surface area (Å²) in [4.78, 5) is 12.2. The Hall–Kier alpha value is -2.24. The van der Waals surface area contributed by atoms with Crippen LogP contribution in [0.25, 0.3) is 11.3 Å². The summed E-state index contributed by atoms with van der Waals surface area (Å²) in [5.74, 6) is 1.85. The third kappa shape index (κ3) is 4.87. The summed E-state index contributed by atoms with van der Waals surface area (Å²) in [5.41, 5.74) is 2.97. The van der Waals surface area contributed by atoms with Crippen molar-refractivity contribution in [3.63, 3.8) is 0 Å². The van der Waals surface area contributed by atoms with Crippen LogP contribution in [-0.2, 0) is 17.6 Å². The molecule has 1 aromatic heterocycles. The van der Waals surface area contributed by atoms with Gasteiger partial charge in [-0.2, -0.15) is 5.10 Å². The number of aryl methyl sites for hydroxylation is 1. The maximum Gasteiger partial charge on any atom is 0.235 e. The Bertz CT molecular complexity index is 847. The Morgan fingerprint density at radius 2 is 1.88 bits per heavy atom. The molecule has 0 fully saturated rings. The number of nitrogens with one attached hydrogen (secondary N) is 1. The van der Waals surface area contributed by atoms with Crippen LogP contribution in [0.2, 0.25) is 5.02 Å². The van der Waals surface area contributed by atoms with Gasteiger partial charge in [0.1, 0.15) is 5.82 Å². The summed E-state index contributed by atoms with van der Waals surface area (Å²) in [6.45, 7) is 0. The molecule has 0 spiro atoms. The highest BCUT2D eigenvalue weighted by Gasteiger charge is 2.10. The first-order valence-corrected chi connectivity index (χ1v) is 9.36. The number of amides is 1. The van der Waals surface area contributed by atoms with Gasteiger partial charge in [-0.05, 0) is 17.7 Å². The molecule has 2 aromatic carbocycles. The van der Waals surface area contributed by atoms with Crippen molar-refractivity contribution in [2.75, 3.05) is 11.1 Å². The quantitative estimate of drug-likeness (QED) is 0.688. The van der Waals surface area contributed by atoms with Crippen molar-refractivity contribution in [1.29, 1.82) is 0 Å². The molecule has 0 aliphatic carbocycles. The molecule has 1 heterocycles. The predicted molar refractivity (Wildman–Crippen MR) is 105 cm³/mol. The number of carbonyl (C=O) groups is 1. The van der Waals surface area contributed by atoms with Gasteiger partial charge in [-0.3, -0.25) is 9.48 Å². The molecule has 0 bridgehead atoms. The molecular formula is C19H18ClN3OS. The maximum atomic E-state index is 12.2. The molecule has 3 rings (SSSR count). The van der Waals surface area contributed by atoms with Gasteiger partial charge in [0, 0.05) is 29.5 Å². The van der Waals surface area contributed by atoms with Crippen LogP contribution < -0.4 is 5.32 Å². The second kappa shape index (κ2) is 8.23. The Morgan fingerprint density at radius 1 is 1.16 bits per heavy atom. The van der Waals surface area contributed by atoms with Crippen LogP contribution in [-0.4, -0.2) is 21.4 Å². The molecule has 128 valence electrons. The number of halogens is 1. The molecule has 0 unspecified atom stereocenters. The molecule has 0 saturated heterocycles. The van der Waals surface area contributed by atoms with Crippen molar-refractivity contribution in [3.05, 3.63) is 71.2 Å². The molecule has 4 nitrogen and oxygen atoms in total. The summed E-state index contributed by atoms with van der Waals surface area (Å²) in [7, 11) is 1.81. The van der Waals surface area contributed by atoms with E-state index in [1.807, 2.05) is 55.6 Å². The minimum atomic E-state index is -0.0356. The summed E-state index contributed by atoms with van der Waals surface area (Å²) in [6.07, 6.45) is 0. The number of thioether (sulfide) groups is 1. The van der Waals surface area contributed by atoms with Crippen LogP contribution >= 0.6 is 23.4 Å². The highest BCUT2D eigenvalue weighted by atomic mass is 35.5. The van der Waals surface area contributed by atoms with E-state index in [0.29, 0.717) is 16.6 Å². The lowest BCUT2D eigenvalue weighted by Gasteiger charge is -2.05. The van der Waals surface area contributed by atoms with E-state index in [-0.39, 0.29) is 5.91 Å². The first-order chi connectivity index (χ1) is 12.1. The Morgan fingerprint density at radius 3 is 2.60 bits per heavy atom. The topological polar surface area (TPSA) is 46.9 Å². The molecular weight excluding hydrogens is 354 g/mol. The molecule has 25 heavy (non-hydrogen) atoms. The fourth-order valence-corrected chi connectivity index (χ4v) is 3.27. The van der Waals surface area contributed by atoms with Crippen molar-refractivity contribution < 1.29 is 4.79 Å². The number of anilines is 1. The number of hydrogen-bond donors (Lipinski definition) is 1. The average Bonchev–Trinajstić information content (AvgIpc) is 2.97. The second-order valence-electron chi connectivity index (χ2n) is 5.57. The van der Waals surface area contributed by atoms with Crippen molar-refractivity contribution in [3.8, 4) is 11.3 Å². The lowest BCUT2D eigenvalue weighted by molar-refractivity contribution is -0.113. The fraction of sp³-hybridized carbons (Fsp3) is 0.158. The number of rotatable bonds is 6. The second-order valence-corrected chi connectivity index (χ2v) is 6.99. The van der Waals surface area contributed by atoms with Gasteiger partial charge < -0.3 is 5.32 Å². The first-order valence-electron chi connectivity index (χ1n) is 7.83. The smallest absolute Gasteiger partial charge is 0.235 e. The molecule has 0 aliphatic rings. The van der Waals surface area contributed by atoms with Crippen LogP contribution in [0.4, 0.5) is 5.82 Å². The van der Waals surface area contributed by atoms with Gasteiger partial charge in [0.25, 0.3) is 0 Å². The van der Waals surface area contributed by atoms with Crippen LogP contribution in [0.5, 0.6) is 0 Å². The minimum Gasteiger partial charge on any atom is -0.310 e. The van der Waals surface area contributed by atoms with Crippen LogP contribution in [0.3, 0.4) is 0 Å². The molecule has 6 heteroatoms. The van der Waals surface area contributed by atoms with E-state index in [0.717, 1.165) is 17.0 Å². The van der Waals surface area contributed by atoms with Gasteiger partial charge in [0.05, 0.1) is 11.4 Å². The molecule has 0 saturated carbocycles. The largest absolute Gasteiger partial charge is 0.310 e. The molecule has 1 N–H and O–H groups in total. The molecule has 0 atom stereocenters. The standard InChI is InChI=1S/C19H18ClN3OS/c1-23-18(11-17(22-23)15-7-9-16(20)10-8-15)21-19(24)13-25-12-14-5-3-2-4-6-14/h2-11H,12-13H2,1H3,(H,21,24). The maximum absolute atomic E-state index is 12.2. The van der Waals surface area contributed by atoms with Crippen LogP contribution in [0.15, 0.2) is 60.7 Å². The zero-order chi connectivity index (χ0) is 17.6. The highest BCUT2D eigenvalue weighted by molar-refractivity contribution is 7.99. The molecule has 0 radical (unpaired) electrons. The Balaban J connectivity index is 1.57. The summed E-state index contributed by atoms with van der Waals surface area (Å²) >= 11 is 7.50. The zero-order valence-corrected chi connectivity index (χ0v) is 15.3. The number of benzene rings is 2. The number of carbonyl (C=O) groups excluding carboxylic acids is 1. The van der Waals surface area contributed by atoms with E-state index in [2.05, 4.69) is 22.5 Å². The SMILES string of the molecule is Cn1nc(-c2ccc(Cl)cc2)cc1NC(=O)CSCc1ccccc1. The third-order valence-electron chi connectivity index (χ3n) is 3.63. The third-order valence-corrected chi connectivity index (χ3v) is 4.89. The normalized spacial score (nSPS) is 10.6. The van der Waals surface area contributed by atoms with E-state index < -0.39 is 0 Å². The Labute approximate surface area is 156 Å². The monoisotopic (exact) mass is 371 g/mol. The van der Waals surface area contributed by atoms with Gasteiger partial charge in [0.15, 0.2) is 0 Å². The highest BCUT2D eigenvalue weighted by Crippen LogP contribution is 2.23.